The molecule has 0 N–H and O–H groups in total. The molecule has 6 heteroatoms. The first-order valence-corrected chi connectivity index (χ1v) is 8.68. The van der Waals surface area contributed by atoms with Gasteiger partial charge in [0, 0.05) is 6.04 Å². The lowest BCUT2D eigenvalue weighted by Crippen LogP contribution is -2.35. The van der Waals surface area contributed by atoms with Crippen LogP contribution in [-0.2, 0) is 16.4 Å². The van der Waals surface area contributed by atoms with Crippen LogP contribution in [0.3, 0.4) is 0 Å². The predicted molar refractivity (Wildman–Crippen MR) is 85.7 cm³/mol. The van der Waals surface area contributed by atoms with Crippen molar-refractivity contribution in [3.05, 3.63) is 58.1 Å². The van der Waals surface area contributed by atoms with Crippen LogP contribution in [0, 0.1) is 0 Å². The van der Waals surface area contributed by atoms with Gasteiger partial charge in [-0.15, -0.1) is 0 Å². The Morgan fingerprint density at radius 3 is 2.52 bits per heavy atom. The third-order valence-corrected chi connectivity index (χ3v) is 6.26. The summed E-state index contributed by atoms with van der Waals surface area (Å²) in [4.78, 5) is 0.153. The Bertz CT molecular complexity index is 805. The van der Waals surface area contributed by atoms with E-state index < -0.39 is 10.0 Å². The van der Waals surface area contributed by atoms with E-state index >= 15 is 0 Å². The molecule has 3 rings (SSSR count). The molecule has 110 valence electrons. The van der Waals surface area contributed by atoms with Crippen molar-refractivity contribution >= 4 is 38.9 Å². The number of nitrogens with zero attached hydrogens (tertiary/aromatic N) is 1. The van der Waals surface area contributed by atoms with Crippen molar-refractivity contribution < 1.29 is 8.42 Å². The highest BCUT2D eigenvalue weighted by Gasteiger charge is 2.35. The van der Waals surface area contributed by atoms with Crippen molar-refractivity contribution in [2.45, 2.75) is 24.3 Å². The molecule has 0 fully saturated rings. The first-order valence-electron chi connectivity index (χ1n) is 6.48. The molecule has 0 spiro atoms. The molecular formula is C15H13Cl2NO2S. The van der Waals surface area contributed by atoms with E-state index in [0.717, 1.165) is 11.3 Å². The van der Waals surface area contributed by atoms with E-state index in [1.807, 2.05) is 31.2 Å². The van der Waals surface area contributed by atoms with E-state index in [4.69, 9.17) is 23.2 Å². The maximum absolute atomic E-state index is 12.9. The van der Waals surface area contributed by atoms with E-state index in [-0.39, 0.29) is 16.0 Å². The van der Waals surface area contributed by atoms with Crippen LogP contribution >= 0.6 is 23.2 Å². The summed E-state index contributed by atoms with van der Waals surface area (Å²) in [5, 5.41) is 0.573. The van der Waals surface area contributed by atoms with Gasteiger partial charge >= 0.3 is 0 Å². The van der Waals surface area contributed by atoms with Gasteiger partial charge in [-0.3, -0.25) is 4.31 Å². The molecule has 1 aliphatic rings. The van der Waals surface area contributed by atoms with Gasteiger partial charge in [0.1, 0.15) is 0 Å². The zero-order chi connectivity index (χ0) is 15.2. The van der Waals surface area contributed by atoms with Crippen LogP contribution in [0.25, 0.3) is 0 Å². The standard InChI is InChI=1S/C15H13Cl2NO2S/c1-10-8-11-4-2-3-5-15(11)18(10)21(19,20)12-6-7-13(16)14(17)9-12/h2-7,9-10H,8H2,1H3/t10-/m0/s1. The molecular weight excluding hydrogens is 329 g/mol. The van der Waals surface area contributed by atoms with Crippen molar-refractivity contribution in [1.29, 1.82) is 0 Å². The summed E-state index contributed by atoms with van der Waals surface area (Å²) < 4.78 is 27.3. The zero-order valence-corrected chi connectivity index (χ0v) is 13.6. The minimum Gasteiger partial charge on any atom is -0.263 e. The monoisotopic (exact) mass is 341 g/mol. The van der Waals surface area contributed by atoms with Gasteiger partial charge in [0.25, 0.3) is 10.0 Å². The first kappa shape index (κ1) is 14.7. The number of anilines is 1. The van der Waals surface area contributed by atoms with Crippen LogP contribution in [0.4, 0.5) is 5.69 Å². The summed E-state index contributed by atoms with van der Waals surface area (Å²) in [6.45, 7) is 1.90. The Hall–Kier alpha value is -1.23. The van der Waals surface area contributed by atoms with Gasteiger partial charge in [-0.1, -0.05) is 41.4 Å². The highest BCUT2D eigenvalue weighted by atomic mass is 35.5. The Labute approximate surface area is 134 Å². The second-order valence-corrected chi connectivity index (χ2v) is 7.69. The number of rotatable bonds is 2. The molecule has 2 aromatic rings. The Morgan fingerprint density at radius 1 is 1.10 bits per heavy atom. The fourth-order valence-corrected chi connectivity index (χ4v) is 4.74. The quantitative estimate of drug-likeness (QED) is 0.823. The van der Waals surface area contributed by atoms with Crippen molar-refractivity contribution in [3.8, 4) is 0 Å². The van der Waals surface area contributed by atoms with Crippen LogP contribution in [0.5, 0.6) is 0 Å². The molecule has 0 unspecified atom stereocenters. The van der Waals surface area contributed by atoms with E-state index in [1.165, 1.54) is 22.5 Å². The summed E-state index contributed by atoms with van der Waals surface area (Å²) in [5.74, 6) is 0. The van der Waals surface area contributed by atoms with E-state index in [9.17, 15) is 8.42 Å². The molecule has 0 radical (unpaired) electrons. The predicted octanol–water partition coefficient (Wildman–Crippen LogP) is 4.13. The van der Waals surface area contributed by atoms with Crippen molar-refractivity contribution in [2.75, 3.05) is 4.31 Å². The number of sulfonamides is 1. The molecule has 1 aliphatic heterocycles. The van der Waals surface area contributed by atoms with Crippen molar-refractivity contribution in [2.24, 2.45) is 0 Å². The molecule has 0 saturated heterocycles. The average Bonchev–Trinajstić information content (AvgIpc) is 2.78. The number of hydrogen-bond acceptors (Lipinski definition) is 2. The average molecular weight is 342 g/mol. The number of hydrogen-bond donors (Lipinski definition) is 0. The number of halogens is 2. The van der Waals surface area contributed by atoms with Crippen LogP contribution in [0.15, 0.2) is 47.4 Å². The van der Waals surface area contributed by atoms with Crippen LogP contribution < -0.4 is 4.31 Å². The minimum absolute atomic E-state index is 0.123. The molecule has 0 saturated carbocycles. The topological polar surface area (TPSA) is 37.4 Å². The van der Waals surface area contributed by atoms with Crippen LogP contribution in [0.1, 0.15) is 12.5 Å². The third kappa shape index (κ3) is 2.41. The molecule has 2 aromatic carbocycles. The molecule has 0 bridgehead atoms. The Kier molecular flexibility index (Phi) is 3.64. The highest BCUT2D eigenvalue weighted by molar-refractivity contribution is 7.92. The summed E-state index contributed by atoms with van der Waals surface area (Å²) in [6.07, 6.45) is 0.705. The largest absolute Gasteiger partial charge is 0.264 e. The van der Waals surface area contributed by atoms with Crippen molar-refractivity contribution in [3.63, 3.8) is 0 Å². The van der Waals surface area contributed by atoms with E-state index in [0.29, 0.717) is 11.4 Å². The lowest BCUT2D eigenvalue weighted by atomic mass is 10.1. The fraction of sp³-hybridized carbons (Fsp3) is 0.200. The summed E-state index contributed by atoms with van der Waals surface area (Å²) in [6, 6.07) is 11.8. The Morgan fingerprint density at radius 2 is 1.81 bits per heavy atom. The summed E-state index contributed by atoms with van der Waals surface area (Å²) >= 11 is 11.8. The van der Waals surface area contributed by atoms with Gasteiger partial charge in [-0.25, -0.2) is 8.42 Å². The van der Waals surface area contributed by atoms with Gasteiger partial charge in [-0.2, -0.15) is 0 Å². The summed E-state index contributed by atoms with van der Waals surface area (Å²) in [7, 11) is -3.65. The molecule has 21 heavy (non-hydrogen) atoms. The highest BCUT2D eigenvalue weighted by Crippen LogP contribution is 2.37. The number of benzene rings is 2. The number of fused-ring (bicyclic) bond motifs is 1. The lowest BCUT2D eigenvalue weighted by Gasteiger charge is -2.24. The van der Waals surface area contributed by atoms with Gasteiger partial charge in [0.15, 0.2) is 0 Å². The molecule has 3 nitrogen and oxygen atoms in total. The third-order valence-electron chi connectivity index (χ3n) is 3.59. The SMILES string of the molecule is C[C@H]1Cc2ccccc2N1S(=O)(=O)c1ccc(Cl)c(Cl)c1. The second kappa shape index (κ2) is 5.20. The lowest BCUT2D eigenvalue weighted by molar-refractivity contribution is 0.584. The van der Waals surface area contributed by atoms with E-state index in [2.05, 4.69) is 0 Å². The molecule has 0 aliphatic carbocycles. The van der Waals surface area contributed by atoms with E-state index in [1.54, 1.807) is 0 Å². The van der Waals surface area contributed by atoms with Crippen molar-refractivity contribution in [1.82, 2.24) is 0 Å². The molecule has 1 heterocycles. The minimum atomic E-state index is -3.65. The molecule has 0 amide bonds. The second-order valence-electron chi connectivity index (χ2n) is 5.06. The maximum Gasteiger partial charge on any atom is 0.264 e. The van der Waals surface area contributed by atoms with Gasteiger partial charge < -0.3 is 0 Å². The zero-order valence-electron chi connectivity index (χ0n) is 11.3. The summed E-state index contributed by atoms with van der Waals surface area (Å²) in [5.41, 5.74) is 1.77. The van der Waals surface area contributed by atoms with Gasteiger partial charge in [0.2, 0.25) is 0 Å². The maximum atomic E-state index is 12.9. The van der Waals surface area contributed by atoms with Crippen LogP contribution in [-0.4, -0.2) is 14.5 Å². The number of para-hydroxylation sites is 1. The molecule has 1 atom stereocenters. The Balaban J connectivity index is 2.12. The smallest absolute Gasteiger partial charge is 0.263 e. The fourth-order valence-electron chi connectivity index (χ4n) is 2.65. The van der Waals surface area contributed by atoms with Gasteiger partial charge in [0.05, 0.1) is 20.6 Å². The van der Waals surface area contributed by atoms with Gasteiger partial charge in [-0.05, 0) is 43.2 Å². The normalized spacial score (nSPS) is 17.9. The van der Waals surface area contributed by atoms with Crippen LogP contribution in [0.2, 0.25) is 10.0 Å². The molecule has 0 aromatic heterocycles. The first-order chi connectivity index (χ1) is 9.91.